The van der Waals surface area contributed by atoms with Crippen LogP contribution in [0, 0.1) is 26.6 Å². The first-order chi connectivity index (χ1) is 12.0. The Bertz CT molecular complexity index is 939. The van der Waals surface area contributed by atoms with Crippen molar-refractivity contribution in [1.82, 2.24) is 15.3 Å². The zero-order chi connectivity index (χ0) is 18.0. The third-order valence-corrected chi connectivity index (χ3v) is 6.09. The van der Waals surface area contributed by atoms with E-state index in [1.165, 1.54) is 28.3 Å². The lowest BCUT2D eigenvalue weighted by molar-refractivity contribution is -0.118. The molecule has 130 valence electrons. The van der Waals surface area contributed by atoms with E-state index in [2.05, 4.69) is 29.1 Å². The largest absolute Gasteiger partial charge is 0.351 e. The Balaban J connectivity index is 1.62. The number of thioether (sulfide) groups is 1. The zero-order valence-electron chi connectivity index (χ0n) is 14.2. The quantitative estimate of drug-likeness (QED) is 0.537. The van der Waals surface area contributed by atoms with Crippen molar-refractivity contribution in [2.75, 3.05) is 5.75 Å². The first-order valence-electron chi connectivity index (χ1n) is 7.81. The Hall–Kier alpha value is -1.99. The lowest BCUT2D eigenvalue weighted by Crippen LogP contribution is -2.24. The molecule has 0 spiro atoms. The van der Waals surface area contributed by atoms with E-state index in [4.69, 9.17) is 0 Å². The molecule has 0 saturated heterocycles. The van der Waals surface area contributed by atoms with E-state index < -0.39 is 0 Å². The summed E-state index contributed by atoms with van der Waals surface area (Å²) in [5.74, 6) is -0.0381. The molecule has 2 heterocycles. The lowest BCUT2D eigenvalue weighted by Gasteiger charge is -2.07. The van der Waals surface area contributed by atoms with Gasteiger partial charge in [-0.05, 0) is 43.5 Å². The topological polar surface area (TPSA) is 54.9 Å². The van der Waals surface area contributed by atoms with Crippen LogP contribution in [0.15, 0.2) is 29.6 Å². The highest BCUT2D eigenvalue weighted by molar-refractivity contribution is 8.00. The average Bonchev–Trinajstić information content (AvgIpc) is 2.89. The number of carbonyl (C=O) groups excluding carboxylic acids is 1. The summed E-state index contributed by atoms with van der Waals surface area (Å²) in [7, 11) is 0. The first kappa shape index (κ1) is 17.8. The molecule has 1 amide bonds. The van der Waals surface area contributed by atoms with Gasteiger partial charge in [-0.25, -0.2) is 14.4 Å². The van der Waals surface area contributed by atoms with Crippen LogP contribution in [-0.4, -0.2) is 21.6 Å². The summed E-state index contributed by atoms with van der Waals surface area (Å²) >= 11 is 3.05. The number of amides is 1. The van der Waals surface area contributed by atoms with Crippen LogP contribution in [0.4, 0.5) is 4.39 Å². The molecule has 3 rings (SSSR count). The maximum absolute atomic E-state index is 13.3. The normalized spacial score (nSPS) is 11.0. The molecule has 7 heteroatoms. The summed E-state index contributed by atoms with van der Waals surface area (Å²) in [6.45, 7) is 6.21. The lowest BCUT2D eigenvalue weighted by atomic mass is 10.1. The molecule has 4 nitrogen and oxygen atoms in total. The first-order valence-corrected chi connectivity index (χ1v) is 9.61. The molecule has 3 aromatic rings. The van der Waals surface area contributed by atoms with Gasteiger partial charge in [0, 0.05) is 16.8 Å². The van der Waals surface area contributed by atoms with E-state index in [1.807, 2.05) is 0 Å². The van der Waals surface area contributed by atoms with Crippen LogP contribution < -0.4 is 5.32 Å². The Kier molecular flexibility index (Phi) is 5.34. The van der Waals surface area contributed by atoms with Crippen LogP contribution in [0.25, 0.3) is 10.2 Å². The number of nitrogens with one attached hydrogen (secondary N) is 1. The summed E-state index contributed by atoms with van der Waals surface area (Å²) in [6.07, 6.45) is 1.54. The second kappa shape index (κ2) is 7.49. The van der Waals surface area contributed by atoms with Crippen LogP contribution in [0.1, 0.15) is 21.6 Å². The van der Waals surface area contributed by atoms with E-state index in [1.54, 1.807) is 36.7 Å². The van der Waals surface area contributed by atoms with E-state index in [-0.39, 0.29) is 17.5 Å². The second-order valence-corrected chi connectivity index (χ2v) is 7.96. The second-order valence-electron chi connectivity index (χ2n) is 5.79. The molecular weight excluding hydrogens is 357 g/mol. The van der Waals surface area contributed by atoms with Gasteiger partial charge in [0.05, 0.1) is 5.75 Å². The molecule has 0 aliphatic rings. The SMILES string of the molecule is Cc1cc(CNC(=O)CSc2ncnc3sc(C)c(C)c23)ccc1F. The predicted molar refractivity (Wildman–Crippen MR) is 101 cm³/mol. The molecule has 0 aliphatic heterocycles. The van der Waals surface area contributed by atoms with Crippen molar-refractivity contribution in [3.8, 4) is 0 Å². The van der Waals surface area contributed by atoms with Gasteiger partial charge in [-0.3, -0.25) is 4.79 Å². The molecule has 0 aliphatic carbocycles. The highest BCUT2D eigenvalue weighted by atomic mass is 32.2. The minimum atomic E-state index is -0.236. The summed E-state index contributed by atoms with van der Waals surface area (Å²) in [6, 6.07) is 4.85. The van der Waals surface area contributed by atoms with Crippen LogP contribution in [-0.2, 0) is 11.3 Å². The van der Waals surface area contributed by atoms with Gasteiger partial charge in [0.1, 0.15) is 22.0 Å². The van der Waals surface area contributed by atoms with Crippen molar-refractivity contribution in [2.45, 2.75) is 32.3 Å². The van der Waals surface area contributed by atoms with E-state index in [0.29, 0.717) is 12.1 Å². The van der Waals surface area contributed by atoms with Crippen molar-refractivity contribution in [1.29, 1.82) is 0 Å². The van der Waals surface area contributed by atoms with Gasteiger partial charge in [-0.1, -0.05) is 23.9 Å². The third kappa shape index (κ3) is 3.99. The molecule has 1 aromatic carbocycles. The van der Waals surface area contributed by atoms with Gasteiger partial charge in [0.2, 0.25) is 5.91 Å². The number of hydrogen-bond acceptors (Lipinski definition) is 5. The fourth-order valence-corrected chi connectivity index (χ4v) is 4.41. The van der Waals surface area contributed by atoms with Crippen LogP contribution in [0.3, 0.4) is 0 Å². The van der Waals surface area contributed by atoms with Crippen molar-refractivity contribution in [2.24, 2.45) is 0 Å². The number of hydrogen-bond donors (Lipinski definition) is 1. The fraction of sp³-hybridized carbons (Fsp3) is 0.278. The molecule has 0 fully saturated rings. The van der Waals surface area contributed by atoms with E-state index in [0.717, 1.165) is 20.8 Å². The number of fused-ring (bicyclic) bond motifs is 1. The minimum Gasteiger partial charge on any atom is -0.351 e. The van der Waals surface area contributed by atoms with Crippen molar-refractivity contribution >= 4 is 39.2 Å². The minimum absolute atomic E-state index is 0.0802. The van der Waals surface area contributed by atoms with Crippen molar-refractivity contribution in [3.05, 3.63) is 51.9 Å². The highest BCUT2D eigenvalue weighted by Crippen LogP contribution is 2.34. The van der Waals surface area contributed by atoms with Crippen LogP contribution in [0.5, 0.6) is 0 Å². The molecule has 0 bridgehead atoms. The van der Waals surface area contributed by atoms with Gasteiger partial charge < -0.3 is 5.32 Å². The number of carbonyl (C=O) groups is 1. The van der Waals surface area contributed by atoms with Gasteiger partial charge in [0.15, 0.2) is 0 Å². The molecule has 0 saturated carbocycles. The smallest absolute Gasteiger partial charge is 0.230 e. The Morgan fingerprint density at radius 3 is 2.84 bits per heavy atom. The number of halogens is 1. The highest BCUT2D eigenvalue weighted by Gasteiger charge is 2.13. The molecule has 0 unspecified atom stereocenters. The zero-order valence-corrected chi connectivity index (χ0v) is 15.9. The Morgan fingerprint density at radius 1 is 1.28 bits per heavy atom. The van der Waals surface area contributed by atoms with Crippen LogP contribution in [0.2, 0.25) is 0 Å². The number of aromatic nitrogens is 2. The van der Waals surface area contributed by atoms with Crippen LogP contribution >= 0.6 is 23.1 Å². The van der Waals surface area contributed by atoms with Gasteiger partial charge in [-0.15, -0.1) is 11.3 Å². The Labute approximate surface area is 153 Å². The number of benzene rings is 1. The maximum Gasteiger partial charge on any atom is 0.230 e. The summed E-state index contributed by atoms with van der Waals surface area (Å²) in [4.78, 5) is 22.9. The van der Waals surface area contributed by atoms with Gasteiger partial charge >= 0.3 is 0 Å². The molecular formula is C18H18FN3OS2. The van der Waals surface area contributed by atoms with Crippen molar-refractivity contribution < 1.29 is 9.18 Å². The number of rotatable bonds is 5. The monoisotopic (exact) mass is 375 g/mol. The van der Waals surface area contributed by atoms with Gasteiger partial charge in [-0.2, -0.15) is 0 Å². The Morgan fingerprint density at radius 2 is 2.08 bits per heavy atom. The van der Waals surface area contributed by atoms with Gasteiger partial charge in [0.25, 0.3) is 0 Å². The summed E-state index contributed by atoms with van der Waals surface area (Å²) in [5.41, 5.74) is 2.63. The fourth-order valence-electron chi connectivity index (χ4n) is 2.46. The number of nitrogens with zero attached hydrogens (tertiary/aromatic N) is 2. The predicted octanol–water partition coefficient (Wildman–Crippen LogP) is 4.16. The third-order valence-electron chi connectivity index (χ3n) is 3.98. The summed E-state index contributed by atoms with van der Waals surface area (Å²) < 4.78 is 13.3. The molecule has 1 N–H and O–H groups in total. The molecule has 0 atom stereocenters. The maximum atomic E-state index is 13.3. The number of thiophene rings is 1. The average molecular weight is 375 g/mol. The van der Waals surface area contributed by atoms with E-state index in [9.17, 15) is 9.18 Å². The standard InChI is InChI=1S/C18H18FN3OS2/c1-10-6-13(4-5-14(10)19)7-20-15(23)8-24-17-16-11(2)12(3)25-18(16)22-9-21-17/h4-6,9H,7-8H2,1-3H3,(H,20,23). The molecule has 2 aromatic heterocycles. The summed E-state index contributed by atoms with van der Waals surface area (Å²) in [5, 5.41) is 4.73. The van der Waals surface area contributed by atoms with E-state index >= 15 is 0 Å². The molecule has 25 heavy (non-hydrogen) atoms. The van der Waals surface area contributed by atoms with Crippen molar-refractivity contribution in [3.63, 3.8) is 0 Å². The molecule has 0 radical (unpaired) electrons. The number of aryl methyl sites for hydroxylation is 3.